The molecule has 1 aromatic carbocycles. The first-order chi connectivity index (χ1) is 13.6. The van der Waals surface area contributed by atoms with Crippen LogP contribution in [-0.2, 0) is 14.3 Å². The number of nitrogens with zero attached hydrogens (tertiary/aromatic N) is 1. The zero-order valence-corrected chi connectivity index (χ0v) is 15.8. The minimum Gasteiger partial charge on any atom is -0.462 e. The van der Waals surface area contributed by atoms with Crippen LogP contribution in [0.1, 0.15) is 30.1 Å². The predicted octanol–water partition coefficient (Wildman–Crippen LogP) is 3.06. The van der Waals surface area contributed by atoms with Gasteiger partial charge in [-0.15, -0.1) is 0 Å². The zero-order valence-electron chi connectivity index (χ0n) is 15.8. The number of amides is 2. The van der Waals surface area contributed by atoms with Crippen molar-refractivity contribution in [3.05, 3.63) is 42.0 Å². The number of ether oxygens (including phenoxy) is 1. The lowest BCUT2D eigenvalue weighted by molar-refractivity contribution is -0.123. The molecule has 5 heteroatoms. The summed E-state index contributed by atoms with van der Waals surface area (Å²) in [5, 5.41) is 0. The van der Waals surface area contributed by atoms with Gasteiger partial charge in [-0.1, -0.05) is 24.3 Å². The fourth-order valence-corrected chi connectivity index (χ4v) is 7.41. The molecule has 5 aliphatic rings. The SMILES string of the molecule is CCOC(=O)c1ccccc1N1C(=O)C2C3CC(C2C1=O)C1C2C=CC(C2)C31. The lowest BCUT2D eigenvalue weighted by Crippen LogP contribution is -2.38. The van der Waals surface area contributed by atoms with Crippen molar-refractivity contribution >= 4 is 23.5 Å². The van der Waals surface area contributed by atoms with E-state index in [1.165, 1.54) is 11.3 Å². The van der Waals surface area contributed by atoms with E-state index in [9.17, 15) is 14.4 Å². The molecule has 0 aromatic heterocycles. The van der Waals surface area contributed by atoms with E-state index in [-0.39, 0.29) is 30.3 Å². The number of para-hydroxylation sites is 1. The Kier molecular flexibility index (Phi) is 3.28. The van der Waals surface area contributed by atoms with Crippen LogP contribution in [0.4, 0.5) is 5.69 Å². The van der Waals surface area contributed by atoms with Gasteiger partial charge in [-0.05, 0) is 67.4 Å². The molecule has 0 N–H and O–H groups in total. The number of esters is 1. The van der Waals surface area contributed by atoms with Crippen molar-refractivity contribution in [2.45, 2.75) is 19.8 Å². The van der Waals surface area contributed by atoms with Crippen LogP contribution in [0.15, 0.2) is 36.4 Å². The number of benzene rings is 1. The van der Waals surface area contributed by atoms with Crippen molar-refractivity contribution in [1.29, 1.82) is 0 Å². The van der Waals surface area contributed by atoms with Gasteiger partial charge in [-0.2, -0.15) is 0 Å². The summed E-state index contributed by atoms with van der Waals surface area (Å²) in [6.07, 6.45) is 6.91. The van der Waals surface area contributed by atoms with E-state index in [0.717, 1.165) is 6.42 Å². The molecule has 2 amide bonds. The van der Waals surface area contributed by atoms with E-state index in [0.29, 0.717) is 46.8 Å². The van der Waals surface area contributed by atoms with Crippen LogP contribution in [-0.4, -0.2) is 24.4 Å². The molecule has 6 rings (SSSR count). The highest BCUT2D eigenvalue weighted by molar-refractivity contribution is 6.24. The summed E-state index contributed by atoms with van der Waals surface area (Å²) in [6, 6.07) is 6.83. The average molecular weight is 377 g/mol. The van der Waals surface area contributed by atoms with Crippen LogP contribution in [0.5, 0.6) is 0 Å². The molecule has 4 aliphatic carbocycles. The molecule has 4 bridgehead atoms. The second-order valence-corrected chi connectivity index (χ2v) is 8.97. The zero-order chi connectivity index (χ0) is 19.2. The Morgan fingerprint density at radius 2 is 1.61 bits per heavy atom. The van der Waals surface area contributed by atoms with Gasteiger partial charge >= 0.3 is 5.97 Å². The predicted molar refractivity (Wildman–Crippen MR) is 101 cm³/mol. The Bertz CT molecular complexity index is 894. The number of carbonyl (C=O) groups excluding carboxylic acids is 3. The summed E-state index contributed by atoms with van der Waals surface area (Å²) in [4.78, 5) is 40.6. The molecule has 4 fully saturated rings. The maximum atomic E-state index is 13.5. The van der Waals surface area contributed by atoms with Crippen molar-refractivity contribution in [2.24, 2.45) is 47.3 Å². The van der Waals surface area contributed by atoms with Gasteiger partial charge in [0, 0.05) is 0 Å². The fourth-order valence-electron chi connectivity index (χ4n) is 7.41. The van der Waals surface area contributed by atoms with Gasteiger partial charge in [0.25, 0.3) is 0 Å². The van der Waals surface area contributed by atoms with Gasteiger partial charge in [-0.3, -0.25) is 9.59 Å². The number of carbonyl (C=O) groups is 3. The first-order valence-electron chi connectivity index (χ1n) is 10.4. The third-order valence-electron chi connectivity index (χ3n) is 8.08. The molecule has 0 radical (unpaired) electrons. The van der Waals surface area contributed by atoms with Gasteiger partial charge in [0.1, 0.15) is 0 Å². The summed E-state index contributed by atoms with van der Waals surface area (Å²) in [5.74, 6) is 1.84. The molecule has 5 nitrogen and oxygen atoms in total. The summed E-state index contributed by atoms with van der Waals surface area (Å²) in [7, 11) is 0. The third-order valence-corrected chi connectivity index (χ3v) is 8.08. The molecule has 28 heavy (non-hydrogen) atoms. The minimum atomic E-state index is -0.488. The monoisotopic (exact) mass is 377 g/mol. The van der Waals surface area contributed by atoms with Crippen LogP contribution < -0.4 is 4.90 Å². The molecule has 1 heterocycles. The lowest BCUT2D eigenvalue weighted by atomic mass is 9.65. The average Bonchev–Trinajstić information content (AvgIpc) is 3.48. The van der Waals surface area contributed by atoms with Crippen molar-refractivity contribution in [3.8, 4) is 0 Å². The Balaban J connectivity index is 1.39. The van der Waals surface area contributed by atoms with Crippen LogP contribution in [0.3, 0.4) is 0 Å². The molecule has 8 atom stereocenters. The normalized spacial score (nSPS) is 41.7. The summed E-state index contributed by atoms with van der Waals surface area (Å²) in [5.41, 5.74) is 0.677. The summed E-state index contributed by atoms with van der Waals surface area (Å²) >= 11 is 0. The molecule has 0 spiro atoms. The molecule has 1 saturated heterocycles. The smallest absolute Gasteiger partial charge is 0.340 e. The molecule has 144 valence electrons. The van der Waals surface area contributed by atoms with E-state index < -0.39 is 5.97 Å². The number of hydrogen-bond acceptors (Lipinski definition) is 4. The van der Waals surface area contributed by atoms with E-state index in [4.69, 9.17) is 4.74 Å². The van der Waals surface area contributed by atoms with E-state index in [1.54, 1.807) is 31.2 Å². The van der Waals surface area contributed by atoms with Crippen LogP contribution >= 0.6 is 0 Å². The van der Waals surface area contributed by atoms with Gasteiger partial charge in [0.05, 0.1) is 29.7 Å². The van der Waals surface area contributed by atoms with Crippen LogP contribution in [0.25, 0.3) is 0 Å². The molecular formula is C23H23NO4. The number of hydrogen-bond donors (Lipinski definition) is 0. The first-order valence-corrected chi connectivity index (χ1v) is 10.4. The van der Waals surface area contributed by atoms with Crippen molar-refractivity contribution in [2.75, 3.05) is 11.5 Å². The molecule has 1 aromatic rings. The van der Waals surface area contributed by atoms with Crippen LogP contribution in [0, 0.1) is 47.3 Å². The number of anilines is 1. The highest BCUT2D eigenvalue weighted by Gasteiger charge is 2.71. The maximum absolute atomic E-state index is 13.5. The standard InChI is InChI=1S/C23H23NO4/c1-2-28-23(27)13-5-3-4-6-16(13)24-21(25)19-14-10-15(20(19)22(24)26)18-12-8-7-11(9-12)17(14)18/h3-8,11-12,14-15,17-20H,2,9-10H2,1H3. The molecule has 8 unspecified atom stereocenters. The van der Waals surface area contributed by atoms with Crippen molar-refractivity contribution in [1.82, 2.24) is 0 Å². The minimum absolute atomic E-state index is 0.107. The Labute approximate surface area is 163 Å². The highest BCUT2D eigenvalue weighted by atomic mass is 16.5. The summed E-state index contributed by atoms with van der Waals surface area (Å²) < 4.78 is 5.15. The van der Waals surface area contributed by atoms with Gasteiger partial charge in [0.15, 0.2) is 0 Å². The Morgan fingerprint density at radius 3 is 2.21 bits per heavy atom. The van der Waals surface area contributed by atoms with Crippen molar-refractivity contribution < 1.29 is 19.1 Å². The quantitative estimate of drug-likeness (QED) is 0.352. The second-order valence-electron chi connectivity index (χ2n) is 8.97. The van der Waals surface area contributed by atoms with Crippen LogP contribution in [0.2, 0.25) is 0 Å². The first kappa shape index (κ1) is 16.5. The number of imide groups is 1. The third kappa shape index (κ3) is 1.85. The summed E-state index contributed by atoms with van der Waals surface area (Å²) in [6.45, 7) is 2.00. The maximum Gasteiger partial charge on any atom is 0.340 e. The number of allylic oxidation sites excluding steroid dienone is 2. The topological polar surface area (TPSA) is 63.7 Å². The highest BCUT2D eigenvalue weighted by Crippen LogP contribution is 2.70. The van der Waals surface area contributed by atoms with E-state index in [2.05, 4.69) is 12.2 Å². The van der Waals surface area contributed by atoms with E-state index >= 15 is 0 Å². The van der Waals surface area contributed by atoms with E-state index in [1.807, 2.05) is 0 Å². The lowest BCUT2D eigenvalue weighted by Gasteiger charge is -2.36. The van der Waals surface area contributed by atoms with Gasteiger partial charge < -0.3 is 4.74 Å². The van der Waals surface area contributed by atoms with Crippen molar-refractivity contribution in [3.63, 3.8) is 0 Å². The van der Waals surface area contributed by atoms with Gasteiger partial charge in [-0.25, -0.2) is 9.69 Å². The fraction of sp³-hybridized carbons (Fsp3) is 0.522. The van der Waals surface area contributed by atoms with Gasteiger partial charge in [0.2, 0.25) is 11.8 Å². The molecule has 1 aliphatic heterocycles. The molecule has 3 saturated carbocycles. The number of rotatable bonds is 3. The Morgan fingerprint density at radius 1 is 1.00 bits per heavy atom. The Hall–Kier alpha value is -2.43. The largest absolute Gasteiger partial charge is 0.462 e. The second kappa shape index (κ2) is 5.56. The molecular weight excluding hydrogens is 354 g/mol. The number of fused-ring (bicyclic) bond motifs is 12.